The van der Waals surface area contributed by atoms with Crippen LogP contribution in [0.25, 0.3) is 5.69 Å². The van der Waals surface area contributed by atoms with Crippen LogP contribution in [0.4, 0.5) is 4.39 Å². The molecule has 160 valence electrons. The molecule has 3 heterocycles. The van der Waals surface area contributed by atoms with Crippen molar-refractivity contribution in [1.82, 2.24) is 20.0 Å². The second-order valence-corrected chi connectivity index (χ2v) is 8.04. The van der Waals surface area contributed by atoms with E-state index in [2.05, 4.69) is 10.4 Å². The standard InChI is InChI=1S/C23H23FN4O3/c24-18-5-1-2-6-20(18)28-19-7-3-4-17(19)21(26-28)22(29)25-16-8-11-27(12-9-16)23(30)15-10-13-31-14-15/h1-2,5-6,10,13-14,16H,3-4,7-9,11-12H2,(H,25,29). The van der Waals surface area contributed by atoms with Gasteiger partial charge in [-0.3, -0.25) is 9.59 Å². The van der Waals surface area contributed by atoms with Gasteiger partial charge in [-0.15, -0.1) is 0 Å². The van der Waals surface area contributed by atoms with Gasteiger partial charge in [0.15, 0.2) is 5.69 Å². The largest absolute Gasteiger partial charge is 0.472 e. The molecule has 2 amide bonds. The van der Waals surface area contributed by atoms with Gasteiger partial charge in [-0.05, 0) is 50.3 Å². The van der Waals surface area contributed by atoms with Crippen LogP contribution >= 0.6 is 0 Å². The molecule has 1 aliphatic heterocycles. The fourth-order valence-electron chi connectivity index (χ4n) is 4.49. The highest BCUT2D eigenvalue weighted by Crippen LogP contribution is 2.29. The average molecular weight is 422 g/mol. The number of furan rings is 1. The van der Waals surface area contributed by atoms with Crippen LogP contribution in [0.5, 0.6) is 0 Å². The van der Waals surface area contributed by atoms with Gasteiger partial charge in [-0.1, -0.05) is 12.1 Å². The second kappa shape index (κ2) is 8.02. The van der Waals surface area contributed by atoms with Gasteiger partial charge in [0, 0.05) is 30.4 Å². The minimum absolute atomic E-state index is 0.0310. The van der Waals surface area contributed by atoms with E-state index in [-0.39, 0.29) is 23.7 Å². The van der Waals surface area contributed by atoms with Crippen molar-refractivity contribution in [2.75, 3.05) is 13.1 Å². The van der Waals surface area contributed by atoms with Crippen LogP contribution in [-0.2, 0) is 12.8 Å². The molecule has 1 aromatic carbocycles. The molecule has 0 saturated carbocycles. The summed E-state index contributed by atoms with van der Waals surface area (Å²) in [5.74, 6) is -0.644. The maximum Gasteiger partial charge on any atom is 0.272 e. The molecule has 2 aromatic heterocycles. The SMILES string of the molecule is O=C(NC1CCN(C(=O)c2ccoc2)CC1)c1nn(-c2ccccc2F)c2c1CCC2. The Balaban J connectivity index is 1.28. The van der Waals surface area contributed by atoms with Crippen LogP contribution in [0.1, 0.15) is 51.4 Å². The van der Waals surface area contributed by atoms with E-state index in [1.54, 1.807) is 33.8 Å². The number of likely N-dealkylation sites (tertiary alicyclic amines) is 1. The van der Waals surface area contributed by atoms with Crippen LogP contribution in [0.15, 0.2) is 47.3 Å². The molecular weight excluding hydrogens is 399 g/mol. The Kier molecular flexibility index (Phi) is 5.05. The smallest absolute Gasteiger partial charge is 0.272 e. The number of hydrogen-bond donors (Lipinski definition) is 1. The zero-order valence-corrected chi connectivity index (χ0v) is 17.0. The molecule has 1 saturated heterocycles. The van der Waals surface area contributed by atoms with Crippen LogP contribution in [0, 0.1) is 5.82 Å². The van der Waals surface area contributed by atoms with Crippen molar-refractivity contribution in [1.29, 1.82) is 0 Å². The summed E-state index contributed by atoms with van der Waals surface area (Å²) >= 11 is 0. The third-order valence-electron chi connectivity index (χ3n) is 6.11. The minimum atomic E-state index is -0.360. The Bertz CT molecular complexity index is 1110. The number of fused-ring (bicyclic) bond motifs is 1. The molecule has 1 aliphatic carbocycles. The number of carbonyl (C=O) groups is 2. The molecule has 7 nitrogen and oxygen atoms in total. The van der Waals surface area contributed by atoms with Gasteiger partial charge in [0.1, 0.15) is 17.8 Å². The van der Waals surface area contributed by atoms with E-state index in [0.29, 0.717) is 42.9 Å². The van der Waals surface area contributed by atoms with Crippen LogP contribution in [0.3, 0.4) is 0 Å². The number of rotatable bonds is 4. The molecule has 8 heteroatoms. The van der Waals surface area contributed by atoms with E-state index >= 15 is 0 Å². The normalized spacial score (nSPS) is 16.4. The van der Waals surface area contributed by atoms with Crippen molar-refractivity contribution < 1.29 is 18.4 Å². The molecule has 0 atom stereocenters. The number of nitrogens with one attached hydrogen (secondary N) is 1. The zero-order valence-electron chi connectivity index (χ0n) is 17.0. The lowest BCUT2D eigenvalue weighted by Crippen LogP contribution is -2.46. The lowest BCUT2D eigenvalue weighted by molar-refractivity contribution is 0.0697. The molecule has 0 bridgehead atoms. The van der Waals surface area contributed by atoms with E-state index in [4.69, 9.17) is 4.42 Å². The average Bonchev–Trinajstić information content (AvgIpc) is 3.52. The molecule has 0 unspecified atom stereocenters. The first-order valence-electron chi connectivity index (χ1n) is 10.6. The molecule has 3 aromatic rings. The number of amides is 2. The van der Waals surface area contributed by atoms with E-state index in [9.17, 15) is 14.0 Å². The van der Waals surface area contributed by atoms with E-state index in [1.165, 1.54) is 18.6 Å². The molecule has 1 N–H and O–H groups in total. The number of nitrogens with zero attached hydrogens (tertiary/aromatic N) is 3. The van der Waals surface area contributed by atoms with Crippen molar-refractivity contribution in [2.45, 2.75) is 38.1 Å². The van der Waals surface area contributed by atoms with Crippen LogP contribution in [0.2, 0.25) is 0 Å². The summed E-state index contributed by atoms with van der Waals surface area (Å²) in [6.07, 6.45) is 6.75. The number of aromatic nitrogens is 2. The van der Waals surface area contributed by atoms with Gasteiger partial charge in [-0.25, -0.2) is 9.07 Å². The lowest BCUT2D eigenvalue weighted by Gasteiger charge is -2.32. The third kappa shape index (κ3) is 3.62. The maximum absolute atomic E-state index is 14.3. The topological polar surface area (TPSA) is 80.4 Å². The van der Waals surface area contributed by atoms with E-state index in [0.717, 1.165) is 30.5 Å². The molecule has 0 radical (unpaired) electrons. The number of benzene rings is 1. The molecule has 5 rings (SSSR count). The van der Waals surface area contributed by atoms with Crippen molar-refractivity contribution in [2.24, 2.45) is 0 Å². The van der Waals surface area contributed by atoms with Gasteiger partial charge in [0.25, 0.3) is 11.8 Å². The van der Waals surface area contributed by atoms with Gasteiger partial charge in [0.2, 0.25) is 0 Å². The number of para-hydroxylation sites is 1. The van der Waals surface area contributed by atoms with Gasteiger partial charge in [0.05, 0.1) is 11.8 Å². The highest BCUT2D eigenvalue weighted by atomic mass is 19.1. The summed E-state index contributed by atoms with van der Waals surface area (Å²) < 4.78 is 20.9. The Hall–Kier alpha value is -3.42. The quantitative estimate of drug-likeness (QED) is 0.701. The van der Waals surface area contributed by atoms with Crippen LogP contribution in [-0.4, -0.2) is 45.6 Å². The summed E-state index contributed by atoms with van der Waals surface area (Å²) in [4.78, 5) is 27.2. The minimum Gasteiger partial charge on any atom is -0.472 e. The second-order valence-electron chi connectivity index (χ2n) is 8.04. The molecule has 0 spiro atoms. The molecule has 1 fully saturated rings. The molecule has 2 aliphatic rings. The van der Waals surface area contributed by atoms with E-state index in [1.807, 2.05) is 0 Å². The first-order chi connectivity index (χ1) is 15.1. The Morgan fingerprint density at radius 2 is 1.94 bits per heavy atom. The van der Waals surface area contributed by atoms with Gasteiger partial charge in [-0.2, -0.15) is 5.10 Å². The number of carbonyl (C=O) groups excluding carboxylic acids is 2. The molecule has 31 heavy (non-hydrogen) atoms. The summed E-state index contributed by atoms with van der Waals surface area (Å²) in [7, 11) is 0. The summed E-state index contributed by atoms with van der Waals surface area (Å²) in [6, 6.07) is 8.10. The van der Waals surface area contributed by atoms with Crippen molar-refractivity contribution >= 4 is 11.8 Å². The Morgan fingerprint density at radius 1 is 1.13 bits per heavy atom. The highest BCUT2D eigenvalue weighted by Gasteiger charge is 2.30. The van der Waals surface area contributed by atoms with E-state index < -0.39 is 0 Å². The number of hydrogen-bond acceptors (Lipinski definition) is 4. The summed E-state index contributed by atoms with van der Waals surface area (Å²) in [5.41, 5.74) is 3.11. The highest BCUT2D eigenvalue weighted by molar-refractivity contribution is 5.95. The van der Waals surface area contributed by atoms with Gasteiger partial charge >= 0.3 is 0 Å². The first kappa shape index (κ1) is 19.5. The fourth-order valence-corrected chi connectivity index (χ4v) is 4.49. The van der Waals surface area contributed by atoms with Crippen molar-refractivity contribution in [3.63, 3.8) is 0 Å². The third-order valence-corrected chi connectivity index (χ3v) is 6.11. The Morgan fingerprint density at radius 3 is 2.68 bits per heavy atom. The monoisotopic (exact) mass is 422 g/mol. The first-order valence-corrected chi connectivity index (χ1v) is 10.6. The van der Waals surface area contributed by atoms with Gasteiger partial charge < -0.3 is 14.6 Å². The zero-order chi connectivity index (χ0) is 21.4. The Labute approximate surface area is 178 Å². The number of halogens is 1. The summed E-state index contributed by atoms with van der Waals surface area (Å²) in [6.45, 7) is 1.13. The predicted molar refractivity (Wildman–Crippen MR) is 111 cm³/mol. The number of piperidine rings is 1. The van der Waals surface area contributed by atoms with Crippen molar-refractivity contribution in [3.8, 4) is 5.69 Å². The fraction of sp³-hybridized carbons (Fsp3) is 0.348. The molecular formula is C23H23FN4O3. The van der Waals surface area contributed by atoms with Crippen molar-refractivity contribution in [3.05, 3.63) is 71.2 Å². The van der Waals surface area contributed by atoms with Crippen LogP contribution < -0.4 is 5.32 Å². The maximum atomic E-state index is 14.3. The summed E-state index contributed by atoms with van der Waals surface area (Å²) in [5, 5.41) is 7.57. The predicted octanol–water partition coefficient (Wildman–Crippen LogP) is 3.13. The lowest BCUT2D eigenvalue weighted by atomic mass is 10.0.